The van der Waals surface area contributed by atoms with Crippen LogP contribution in [0.15, 0.2) is 42.5 Å². The van der Waals surface area contributed by atoms with Crippen molar-refractivity contribution in [2.24, 2.45) is 0 Å². The molecule has 1 aliphatic rings. The molecule has 0 bridgehead atoms. The minimum Gasteiger partial charge on any atom is -0.493 e. The van der Waals surface area contributed by atoms with Crippen LogP contribution in [0.2, 0.25) is 0 Å². The molecule has 1 atom stereocenters. The molecular weight excluding hydrogens is 393 g/mol. The van der Waals surface area contributed by atoms with Crippen molar-refractivity contribution in [1.29, 1.82) is 0 Å². The third-order valence-electron chi connectivity index (χ3n) is 4.76. The van der Waals surface area contributed by atoms with Gasteiger partial charge in [0, 0.05) is 24.9 Å². The first-order valence-corrected chi connectivity index (χ1v) is 9.93. The predicted molar refractivity (Wildman–Crippen MR) is 110 cm³/mol. The Morgan fingerprint density at radius 2 is 2.10 bits per heavy atom. The van der Waals surface area contributed by atoms with Crippen molar-refractivity contribution in [2.45, 2.75) is 18.9 Å². The van der Waals surface area contributed by atoms with Gasteiger partial charge in [-0.05, 0) is 23.8 Å². The highest BCUT2D eigenvalue weighted by atomic mass is 32.1. The van der Waals surface area contributed by atoms with E-state index in [0.29, 0.717) is 29.3 Å². The van der Waals surface area contributed by atoms with Crippen LogP contribution in [0, 0.1) is 5.82 Å². The molecule has 0 saturated carbocycles. The van der Waals surface area contributed by atoms with E-state index in [4.69, 9.17) is 9.47 Å². The van der Waals surface area contributed by atoms with Crippen LogP contribution in [-0.2, 0) is 11.4 Å². The number of rotatable bonds is 6. The number of aromatic nitrogens is 1. The fourth-order valence-electron chi connectivity index (χ4n) is 3.29. The molecule has 8 heteroatoms. The maximum absolute atomic E-state index is 13.9. The van der Waals surface area contributed by atoms with Gasteiger partial charge in [-0.15, -0.1) is 0 Å². The third kappa shape index (κ3) is 3.88. The number of benzene rings is 2. The van der Waals surface area contributed by atoms with Gasteiger partial charge in [0.1, 0.15) is 18.2 Å². The topological polar surface area (TPSA) is 72.5 Å². The van der Waals surface area contributed by atoms with Crippen LogP contribution < -0.4 is 20.1 Å². The van der Waals surface area contributed by atoms with Crippen molar-refractivity contribution < 1.29 is 18.7 Å². The summed E-state index contributed by atoms with van der Waals surface area (Å²) in [5.41, 5.74) is 1.37. The van der Waals surface area contributed by atoms with Crippen LogP contribution >= 0.6 is 11.3 Å². The van der Waals surface area contributed by atoms with Crippen LogP contribution in [0.4, 0.5) is 15.3 Å². The molecule has 2 aromatic carbocycles. The van der Waals surface area contributed by atoms with Crippen LogP contribution in [0.25, 0.3) is 0 Å². The van der Waals surface area contributed by atoms with Crippen LogP contribution in [0.1, 0.15) is 28.3 Å². The number of hydrogen-bond acceptors (Lipinski definition) is 6. The molecule has 1 amide bonds. The van der Waals surface area contributed by atoms with E-state index in [1.165, 1.54) is 17.4 Å². The number of methoxy groups -OCH3 is 1. The van der Waals surface area contributed by atoms with Gasteiger partial charge in [-0.1, -0.05) is 35.6 Å². The lowest BCUT2D eigenvalue weighted by atomic mass is 9.91. The lowest BCUT2D eigenvalue weighted by Gasteiger charge is -2.22. The third-order valence-corrected chi connectivity index (χ3v) is 5.95. The van der Waals surface area contributed by atoms with Gasteiger partial charge >= 0.3 is 0 Å². The summed E-state index contributed by atoms with van der Waals surface area (Å²) in [5.74, 6) is 1.09. The molecule has 2 heterocycles. The number of carbonyl (C=O) groups is 1. The second-order valence-electron chi connectivity index (χ2n) is 6.58. The first-order chi connectivity index (χ1) is 14.1. The average Bonchev–Trinajstić information content (AvgIpc) is 3.15. The largest absolute Gasteiger partial charge is 0.493 e. The van der Waals surface area contributed by atoms with Gasteiger partial charge in [0.05, 0.1) is 12.0 Å². The Bertz CT molecular complexity index is 1050. The summed E-state index contributed by atoms with van der Waals surface area (Å²) in [6.07, 6.45) is 0.317. The highest BCUT2D eigenvalue weighted by Crippen LogP contribution is 2.44. The van der Waals surface area contributed by atoms with E-state index in [1.54, 1.807) is 38.4 Å². The van der Waals surface area contributed by atoms with Gasteiger partial charge in [-0.25, -0.2) is 9.37 Å². The zero-order valence-corrected chi connectivity index (χ0v) is 16.8. The number of halogens is 1. The Hall–Kier alpha value is -3.13. The summed E-state index contributed by atoms with van der Waals surface area (Å²) in [4.78, 5) is 17.6. The molecule has 1 aromatic heterocycles. The van der Waals surface area contributed by atoms with E-state index in [-0.39, 0.29) is 24.2 Å². The Morgan fingerprint density at radius 3 is 2.86 bits per heavy atom. The number of ether oxygens (including phenoxy) is 2. The van der Waals surface area contributed by atoms with E-state index in [2.05, 4.69) is 15.6 Å². The first kappa shape index (κ1) is 19.2. The summed E-state index contributed by atoms with van der Waals surface area (Å²) >= 11 is 1.51. The maximum atomic E-state index is 13.9. The molecule has 6 nitrogen and oxygen atoms in total. The Balaban J connectivity index is 1.65. The monoisotopic (exact) mass is 413 g/mol. The van der Waals surface area contributed by atoms with Crippen molar-refractivity contribution in [3.8, 4) is 11.5 Å². The molecular formula is C21H20FN3O3S. The fraction of sp³-hybridized carbons (Fsp3) is 0.238. The van der Waals surface area contributed by atoms with Crippen LogP contribution in [0.5, 0.6) is 11.5 Å². The van der Waals surface area contributed by atoms with Crippen LogP contribution in [-0.4, -0.2) is 25.0 Å². The van der Waals surface area contributed by atoms with Gasteiger partial charge in [-0.3, -0.25) is 4.79 Å². The lowest BCUT2D eigenvalue weighted by molar-refractivity contribution is -0.116. The van der Waals surface area contributed by atoms with Crippen molar-refractivity contribution in [3.63, 3.8) is 0 Å². The Morgan fingerprint density at radius 1 is 1.28 bits per heavy atom. The molecule has 0 fully saturated rings. The minimum absolute atomic E-state index is 0.0767. The smallest absolute Gasteiger partial charge is 0.226 e. The number of nitrogens with one attached hydrogen (secondary N) is 2. The maximum Gasteiger partial charge on any atom is 0.226 e. The molecule has 0 unspecified atom stereocenters. The summed E-state index contributed by atoms with van der Waals surface area (Å²) < 4.78 is 25.2. The Kier molecular flexibility index (Phi) is 5.35. The number of fused-ring (bicyclic) bond motifs is 1. The molecule has 2 N–H and O–H groups in total. The summed E-state index contributed by atoms with van der Waals surface area (Å²) in [7, 11) is 3.35. The van der Waals surface area contributed by atoms with E-state index in [9.17, 15) is 9.18 Å². The molecule has 0 radical (unpaired) electrons. The fourth-order valence-corrected chi connectivity index (χ4v) is 4.29. The standard InChI is InChI=1S/C21H20FN3O3S/c1-23-21-25-20-19(29-21)14(10-18(26)24-20)12-7-8-16(27-2)17(9-12)28-11-13-5-3-4-6-15(13)22/h3-9,14H,10-11H2,1-2H3,(H,23,25)(H,24,26)/t14-/m0/s1. The van der Waals surface area contributed by atoms with Crippen molar-refractivity contribution >= 4 is 28.2 Å². The number of carbonyl (C=O) groups excluding carboxylic acids is 1. The number of anilines is 2. The van der Waals surface area contributed by atoms with E-state index in [0.717, 1.165) is 15.6 Å². The van der Waals surface area contributed by atoms with Gasteiger partial charge in [-0.2, -0.15) is 0 Å². The van der Waals surface area contributed by atoms with E-state index in [1.807, 2.05) is 12.1 Å². The first-order valence-electron chi connectivity index (χ1n) is 9.11. The number of amides is 1. The molecule has 4 rings (SSSR count). The zero-order chi connectivity index (χ0) is 20.4. The van der Waals surface area contributed by atoms with Gasteiger partial charge < -0.3 is 20.1 Å². The minimum atomic E-state index is -0.319. The van der Waals surface area contributed by atoms with Crippen molar-refractivity contribution in [2.75, 3.05) is 24.8 Å². The quantitative estimate of drug-likeness (QED) is 0.627. The SMILES string of the molecule is CNc1nc2c(s1)[C@H](c1ccc(OC)c(OCc3ccccc3F)c1)CC(=O)N2. The number of nitrogens with zero attached hydrogens (tertiary/aromatic N) is 1. The molecule has 29 heavy (non-hydrogen) atoms. The highest BCUT2D eigenvalue weighted by Gasteiger charge is 2.30. The lowest BCUT2D eigenvalue weighted by Crippen LogP contribution is -2.22. The van der Waals surface area contributed by atoms with E-state index < -0.39 is 0 Å². The van der Waals surface area contributed by atoms with Gasteiger partial charge in [0.2, 0.25) is 5.91 Å². The molecule has 0 spiro atoms. The molecule has 1 aliphatic heterocycles. The summed E-state index contributed by atoms with van der Waals surface area (Å²) in [6.45, 7) is 0.0767. The van der Waals surface area contributed by atoms with Crippen molar-refractivity contribution in [3.05, 3.63) is 64.3 Å². The number of hydrogen-bond donors (Lipinski definition) is 2. The summed E-state index contributed by atoms with van der Waals surface area (Å²) in [6, 6.07) is 12.1. The summed E-state index contributed by atoms with van der Waals surface area (Å²) in [5, 5.41) is 6.59. The van der Waals surface area contributed by atoms with Gasteiger partial charge in [0.15, 0.2) is 16.6 Å². The zero-order valence-electron chi connectivity index (χ0n) is 16.0. The van der Waals surface area contributed by atoms with Gasteiger partial charge in [0.25, 0.3) is 0 Å². The molecule has 0 saturated heterocycles. The molecule has 150 valence electrons. The highest BCUT2D eigenvalue weighted by molar-refractivity contribution is 7.16. The second-order valence-corrected chi connectivity index (χ2v) is 7.61. The normalized spacial score (nSPS) is 15.4. The number of thiazole rings is 1. The van der Waals surface area contributed by atoms with E-state index >= 15 is 0 Å². The Labute approximate surface area is 171 Å². The molecule has 0 aliphatic carbocycles. The predicted octanol–water partition coefficient (Wildman–Crippen LogP) is 4.39. The van der Waals surface area contributed by atoms with Crippen molar-refractivity contribution in [1.82, 2.24) is 4.98 Å². The average molecular weight is 413 g/mol. The molecule has 3 aromatic rings. The second kappa shape index (κ2) is 8.08. The van der Waals surface area contributed by atoms with Crippen LogP contribution in [0.3, 0.4) is 0 Å².